The van der Waals surface area contributed by atoms with Crippen LogP contribution < -0.4 is 15.8 Å². The molecular formula is C13H18N2O3. The fourth-order valence-corrected chi connectivity index (χ4v) is 1.94. The monoisotopic (exact) mass is 250 g/mol. The van der Waals surface area contributed by atoms with Gasteiger partial charge in [-0.2, -0.15) is 0 Å². The third-order valence-electron chi connectivity index (χ3n) is 2.96. The van der Waals surface area contributed by atoms with Crippen LogP contribution in [0.4, 0.5) is 5.69 Å². The van der Waals surface area contributed by atoms with Gasteiger partial charge in [0.05, 0.1) is 12.1 Å². The molecule has 18 heavy (non-hydrogen) atoms. The summed E-state index contributed by atoms with van der Waals surface area (Å²) < 4.78 is 10.7. The van der Waals surface area contributed by atoms with Crippen molar-refractivity contribution in [2.24, 2.45) is 5.73 Å². The molecule has 1 fully saturated rings. The van der Waals surface area contributed by atoms with Gasteiger partial charge in [-0.05, 0) is 37.6 Å². The number of anilines is 1. The van der Waals surface area contributed by atoms with E-state index in [1.54, 1.807) is 0 Å². The van der Waals surface area contributed by atoms with Crippen molar-refractivity contribution < 1.29 is 14.3 Å². The smallest absolute Gasteiger partial charge is 0.255 e. The molecule has 0 radical (unpaired) electrons. The molecule has 2 unspecified atom stereocenters. The maximum Gasteiger partial charge on any atom is 0.255 e. The quantitative estimate of drug-likeness (QED) is 0.822. The average molecular weight is 250 g/mol. The number of hydrogen-bond acceptors (Lipinski definition) is 4. The van der Waals surface area contributed by atoms with Gasteiger partial charge in [0.1, 0.15) is 5.75 Å². The molecule has 0 aromatic heterocycles. The lowest BCUT2D eigenvalue weighted by atomic mass is 10.1. The summed E-state index contributed by atoms with van der Waals surface area (Å²) in [5, 5.41) is 3.41. The molecule has 5 heteroatoms. The second kappa shape index (κ2) is 5.73. The van der Waals surface area contributed by atoms with Crippen molar-refractivity contribution in [3.63, 3.8) is 0 Å². The van der Waals surface area contributed by atoms with E-state index in [1.807, 2.05) is 24.3 Å². The SMILES string of the molecule is CC1OCCC1Nc1ccc(OCC(N)=O)cc1. The molecule has 3 N–H and O–H groups in total. The lowest BCUT2D eigenvalue weighted by Crippen LogP contribution is -2.26. The van der Waals surface area contributed by atoms with Crippen molar-refractivity contribution in [3.8, 4) is 5.75 Å². The fourth-order valence-electron chi connectivity index (χ4n) is 1.94. The lowest BCUT2D eigenvalue weighted by molar-refractivity contribution is -0.119. The highest BCUT2D eigenvalue weighted by molar-refractivity contribution is 5.75. The van der Waals surface area contributed by atoms with Gasteiger partial charge in [-0.15, -0.1) is 0 Å². The average Bonchev–Trinajstić information content (AvgIpc) is 2.74. The predicted octanol–water partition coefficient (Wildman–Crippen LogP) is 1.14. The number of carbonyl (C=O) groups excluding carboxylic acids is 1. The van der Waals surface area contributed by atoms with Crippen LogP contribution in [0.2, 0.25) is 0 Å². The van der Waals surface area contributed by atoms with Gasteiger partial charge in [0, 0.05) is 12.3 Å². The zero-order chi connectivity index (χ0) is 13.0. The van der Waals surface area contributed by atoms with Crippen molar-refractivity contribution in [1.82, 2.24) is 0 Å². The number of ether oxygens (including phenoxy) is 2. The Bertz CT molecular complexity index is 405. The van der Waals surface area contributed by atoms with Crippen LogP contribution in [0.1, 0.15) is 13.3 Å². The Hall–Kier alpha value is -1.75. The highest BCUT2D eigenvalue weighted by Gasteiger charge is 2.23. The summed E-state index contributed by atoms with van der Waals surface area (Å²) in [6.07, 6.45) is 1.25. The molecule has 1 aliphatic rings. The number of rotatable bonds is 5. The maximum absolute atomic E-state index is 10.6. The topological polar surface area (TPSA) is 73.6 Å². The Balaban J connectivity index is 1.89. The van der Waals surface area contributed by atoms with Crippen LogP contribution in [0.3, 0.4) is 0 Å². The molecule has 0 aliphatic carbocycles. The van der Waals surface area contributed by atoms with Gasteiger partial charge < -0.3 is 20.5 Å². The fraction of sp³-hybridized carbons (Fsp3) is 0.462. The van der Waals surface area contributed by atoms with E-state index in [1.165, 1.54) is 0 Å². The van der Waals surface area contributed by atoms with E-state index in [0.29, 0.717) is 11.8 Å². The van der Waals surface area contributed by atoms with Gasteiger partial charge in [0.25, 0.3) is 5.91 Å². The van der Waals surface area contributed by atoms with Crippen LogP contribution in [-0.4, -0.2) is 31.3 Å². The third kappa shape index (κ3) is 3.37. The number of benzene rings is 1. The summed E-state index contributed by atoms with van der Waals surface area (Å²) in [6.45, 7) is 2.77. The van der Waals surface area contributed by atoms with E-state index < -0.39 is 5.91 Å². The highest BCUT2D eigenvalue weighted by atomic mass is 16.5. The first kappa shape index (κ1) is 12.7. The van der Waals surface area contributed by atoms with Crippen molar-refractivity contribution >= 4 is 11.6 Å². The molecule has 1 amide bonds. The number of amides is 1. The minimum absolute atomic E-state index is 0.0970. The molecule has 1 saturated heterocycles. The van der Waals surface area contributed by atoms with E-state index in [0.717, 1.165) is 18.7 Å². The molecule has 5 nitrogen and oxygen atoms in total. The Morgan fingerprint density at radius 1 is 1.50 bits per heavy atom. The van der Waals surface area contributed by atoms with Gasteiger partial charge in [-0.25, -0.2) is 0 Å². The van der Waals surface area contributed by atoms with E-state index in [-0.39, 0.29) is 12.7 Å². The molecule has 1 aliphatic heterocycles. The predicted molar refractivity (Wildman–Crippen MR) is 68.6 cm³/mol. The van der Waals surface area contributed by atoms with E-state index in [4.69, 9.17) is 15.2 Å². The van der Waals surface area contributed by atoms with Crippen molar-refractivity contribution in [2.45, 2.75) is 25.5 Å². The lowest BCUT2D eigenvalue weighted by Gasteiger charge is -2.17. The first-order valence-electron chi connectivity index (χ1n) is 6.04. The summed E-state index contributed by atoms with van der Waals surface area (Å²) >= 11 is 0. The second-order valence-corrected chi connectivity index (χ2v) is 4.39. The first-order chi connectivity index (χ1) is 8.65. The van der Waals surface area contributed by atoms with Crippen LogP contribution in [-0.2, 0) is 9.53 Å². The normalized spacial score (nSPS) is 22.7. The van der Waals surface area contributed by atoms with Crippen LogP contribution in [0.25, 0.3) is 0 Å². The first-order valence-corrected chi connectivity index (χ1v) is 6.04. The summed E-state index contributed by atoms with van der Waals surface area (Å²) in [6, 6.07) is 7.81. The Morgan fingerprint density at radius 3 is 2.78 bits per heavy atom. The number of nitrogens with two attached hydrogens (primary N) is 1. The number of primary amides is 1. The van der Waals surface area contributed by atoms with E-state index >= 15 is 0 Å². The van der Waals surface area contributed by atoms with Crippen LogP contribution in [0.15, 0.2) is 24.3 Å². The third-order valence-corrected chi connectivity index (χ3v) is 2.96. The second-order valence-electron chi connectivity index (χ2n) is 4.39. The summed E-state index contributed by atoms with van der Waals surface area (Å²) in [4.78, 5) is 10.6. The van der Waals surface area contributed by atoms with Crippen LogP contribution >= 0.6 is 0 Å². The van der Waals surface area contributed by atoms with Gasteiger partial charge in [0.2, 0.25) is 0 Å². The maximum atomic E-state index is 10.6. The molecular weight excluding hydrogens is 232 g/mol. The van der Waals surface area contributed by atoms with Crippen LogP contribution in [0.5, 0.6) is 5.75 Å². The molecule has 1 aromatic carbocycles. The van der Waals surface area contributed by atoms with Gasteiger partial charge in [-0.1, -0.05) is 0 Å². The molecule has 1 heterocycles. The van der Waals surface area contributed by atoms with Crippen molar-refractivity contribution in [3.05, 3.63) is 24.3 Å². The zero-order valence-corrected chi connectivity index (χ0v) is 10.4. The summed E-state index contributed by atoms with van der Waals surface area (Å²) in [7, 11) is 0. The molecule has 0 spiro atoms. The number of nitrogens with one attached hydrogen (secondary N) is 1. The molecule has 0 bridgehead atoms. The van der Waals surface area contributed by atoms with E-state index in [9.17, 15) is 4.79 Å². The summed E-state index contributed by atoms with van der Waals surface area (Å²) in [5.74, 6) is 0.157. The highest BCUT2D eigenvalue weighted by Crippen LogP contribution is 2.21. The zero-order valence-electron chi connectivity index (χ0n) is 10.4. The Labute approximate surface area is 106 Å². The minimum atomic E-state index is -0.478. The molecule has 1 aromatic rings. The molecule has 2 rings (SSSR count). The van der Waals surface area contributed by atoms with Gasteiger partial charge in [-0.3, -0.25) is 4.79 Å². The van der Waals surface area contributed by atoms with Crippen LogP contribution in [0, 0.1) is 0 Å². The standard InChI is InChI=1S/C13H18N2O3/c1-9-12(6-7-17-9)15-10-2-4-11(5-3-10)18-8-13(14)16/h2-5,9,12,15H,6-8H2,1H3,(H2,14,16). The molecule has 2 atom stereocenters. The molecule has 98 valence electrons. The Morgan fingerprint density at radius 2 is 2.22 bits per heavy atom. The van der Waals surface area contributed by atoms with Crippen molar-refractivity contribution in [2.75, 3.05) is 18.5 Å². The van der Waals surface area contributed by atoms with Gasteiger partial charge in [0.15, 0.2) is 6.61 Å². The minimum Gasteiger partial charge on any atom is -0.484 e. The number of hydrogen-bond donors (Lipinski definition) is 2. The van der Waals surface area contributed by atoms with Gasteiger partial charge >= 0.3 is 0 Å². The Kier molecular flexibility index (Phi) is 4.04. The summed E-state index contributed by atoms with van der Waals surface area (Å²) in [5.41, 5.74) is 6.02. The van der Waals surface area contributed by atoms with Crippen molar-refractivity contribution in [1.29, 1.82) is 0 Å². The molecule has 0 saturated carbocycles. The number of carbonyl (C=O) groups is 1. The van der Waals surface area contributed by atoms with E-state index in [2.05, 4.69) is 12.2 Å². The largest absolute Gasteiger partial charge is 0.484 e.